The number of hydrogen-bond donors (Lipinski definition) is 1. The van der Waals surface area contributed by atoms with Crippen molar-refractivity contribution in [1.82, 2.24) is 0 Å². The molecule has 0 radical (unpaired) electrons. The SMILES string of the molecule is CCc1ccc2oc(C(=O)Oc3ccc4c(c3)OC(N)=C(C#N)C4c3cccc(OCCC(C)C)c3)c(C)c2c1. The third-order valence-electron chi connectivity index (χ3n) is 7.15. The number of esters is 1. The largest absolute Gasteiger partial charge is 0.494 e. The van der Waals surface area contributed by atoms with Crippen LogP contribution < -0.4 is 19.9 Å². The predicted molar refractivity (Wildman–Crippen MR) is 152 cm³/mol. The van der Waals surface area contributed by atoms with E-state index in [0.29, 0.717) is 29.4 Å². The monoisotopic (exact) mass is 536 g/mol. The fraction of sp³-hybridized carbons (Fsp3) is 0.273. The summed E-state index contributed by atoms with van der Waals surface area (Å²) < 4.78 is 23.3. The summed E-state index contributed by atoms with van der Waals surface area (Å²) in [4.78, 5) is 13.1. The highest BCUT2D eigenvalue weighted by Crippen LogP contribution is 2.44. The Morgan fingerprint density at radius 1 is 1.10 bits per heavy atom. The molecule has 3 aromatic carbocycles. The first kappa shape index (κ1) is 26.9. The molecule has 4 aromatic rings. The number of allylic oxidation sites excluding steroid dienone is 1. The van der Waals surface area contributed by atoms with Crippen LogP contribution in [0.3, 0.4) is 0 Å². The van der Waals surface area contributed by atoms with Gasteiger partial charge >= 0.3 is 5.97 Å². The minimum atomic E-state index is -0.605. The molecule has 0 spiro atoms. The fourth-order valence-corrected chi connectivity index (χ4v) is 4.87. The number of ether oxygens (including phenoxy) is 3. The van der Waals surface area contributed by atoms with Crippen LogP contribution in [0.25, 0.3) is 11.0 Å². The quantitative estimate of drug-likeness (QED) is 0.188. The van der Waals surface area contributed by atoms with Crippen LogP contribution in [0, 0.1) is 24.2 Å². The van der Waals surface area contributed by atoms with E-state index >= 15 is 0 Å². The first-order chi connectivity index (χ1) is 19.3. The summed E-state index contributed by atoms with van der Waals surface area (Å²) in [6.45, 7) is 8.83. The van der Waals surface area contributed by atoms with Crippen molar-refractivity contribution in [3.05, 3.63) is 100 Å². The third kappa shape index (κ3) is 5.26. The molecule has 7 nitrogen and oxygen atoms in total. The van der Waals surface area contributed by atoms with Crippen molar-refractivity contribution < 1.29 is 23.4 Å². The molecule has 0 saturated carbocycles. The highest BCUT2D eigenvalue weighted by Gasteiger charge is 2.31. The minimum Gasteiger partial charge on any atom is -0.494 e. The van der Waals surface area contributed by atoms with Crippen molar-refractivity contribution >= 4 is 16.9 Å². The van der Waals surface area contributed by atoms with Gasteiger partial charge in [0.15, 0.2) is 0 Å². The number of carbonyl (C=O) groups is 1. The zero-order chi connectivity index (χ0) is 28.4. The Labute approximate surface area is 233 Å². The summed E-state index contributed by atoms with van der Waals surface area (Å²) in [5, 5.41) is 10.8. The van der Waals surface area contributed by atoms with E-state index in [4.69, 9.17) is 24.4 Å². The summed E-state index contributed by atoms with van der Waals surface area (Å²) >= 11 is 0. The lowest BCUT2D eigenvalue weighted by Gasteiger charge is -2.27. The molecule has 1 unspecified atom stereocenters. The second kappa shape index (κ2) is 11.2. The minimum absolute atomic E-state index is 0.00876. The van der Waals surface area contributed by atoms with E-state index in [1.807, 2.05) is 49.4 Å². The van der Waals surface area contributed by atoms with Gasteiger partial charge in [0.1, 0.15) is 34.5 Å². The predicted octanol–water partition coefficient (Wildman–Crippen LogP) is 7.17. The van der Waals surface area contributed by atoms with Gasteiger partial charge in [-0.2, -0.15) is 5.26 Å². The van der Waals surface area contributed by atoms with Gasteiger partial charge in [0.05, 0.1) is 12.5 Å². The highest BCUT2D eigenvalue weighted by molar-refractivity contribution is 5.97. The Hall–Kier alpha value is -4.70. The lowest BCUT2D eigenvalue weighted by atomic mass is 9.83. The van der Waals surface area contributed by atoms with Crippen LogP contribution in [0.4, 0.5) is 0 Å². The number of benzene rings is 3. The van der Waals surface area contributed by atoms with Crippen LogP contribution in [-0.4, -0.2) is 12.6 Å². The Balaban J connectivity index is 1.43. The smallest absolute Gasteiger partial charge is 0.379 e. The molecule has 2 heterocycles. The molecule has 40 heavy (non-hydrogen) atoms. The Kier molecular flexibility index (Phi) is 7.52. The lowest BCUT2D eigenvalue weighted by Crippen LogP contribution is -2.21. The lowest BCUT2D eigenvalue weighted by molar-refractivity contribution is 0.0702. The first-order valence-electron chi connectivity index (χ1n) is 13.5. The summed E-state index contributed by atoms with van der Waals surface area (Å²) in [6, 6.07) is 20.8. The topological polar surface area (TPSA) is 108 Å². The van der Waals surface area contributed by atoms with Gasteiger partial charge in [-0.15, -0.1) is 0 Å². The van der Waals surface area contributed by atoms with Gasteiger partial charge < -0.3 is 24.4 Å². The van der Waals surface area contributed by atoms with Crippen LogP contribution in [0.5, 0.6) is 17.2 Å². The van der Waals surface area contributed by atoms with Crippen molar-refractivity contribution in [3.63, 3.8) is 0 Å². The van der Waals surface area contributed by atoms with Crippen LogP contribution in [-0.2, 0) is 6.42 Å². The van der Waals surface area contributed by atoms with E-state index in [-0.39, 0.29) is 17.4 Å². The fourth-order valence-electron chi connectivity index (χ4n) is 4.87. The number of carbonyl (C=O) groups excluding carboxylic acids is 1. The molecule has 0 bridgehead atoms. The molecule has 0 aliphatic carbocycles. The van der Waals surface area contributed by atoms with E-state index in [2.05, 4.69) is 26.8 Å². The zero-order valence-electron chi connectivity index (χ0n) is 23.1. The standard InChI is InChI=1S/C33H32N2O5/c1-5-21-9-12-28-26(15-21)20(4)31(39-28)33(36)38-24-10-11-25-29(17-24)40-32(35)27(18-34)30(25)22-7-6-8-23(16-22)37-14-13-19(2)3/h6-12,15-17,19,30H,5,13-14,35H2,1-4H3. The van der Waals surface area contributed by atoms with Gasteiger partial charge in [0.25, 0.3) is 0 Å². The van der Waals surface area contributed by atoms with Gasteiger partial charge in [0, 0.05) is 22.6 Å². The first-order valence-corrected chi connectivity index (χ1v) is 13.5. The molecule has 0 amide bonds. The van der Waals surface area contributed by atoms with Crippen LogP contribution in [0.15, 0.2) is 76.5 Å². The Morgan fingerprint density at radius 2 is 1.93 bits per heavy atom. The molecule has 1 aliphatic heterocycles. The molecule has 0 saturated heterocycles. The summed E-state index contributed by atoms with van der Waals surface area (Å²) in [5.41, 5.74) is 10.6. The number of nitrogens with zero attached hydrogens (tertiary/aromatic N) is 1. The number of fused-ring (bicyclic) bond motifs is 2. The average Bonchev–Trinajstić information content (AvgIpc) is 3.27. The molecule has 1 aliphatic rings. The Morgan fingerprint density at radius 3 is 2.67 bits per heavy atom. The van der Waals surface area contributed by atoms with Crippen LogP contribution >= 0.6 is 0 Å². The number of furan rings is 1. The van der Waals surface area contributed by atoms with Crippen molar-refractivity contribution in [2.75, 3.05) is 6.61 Å². The number of nitrogens with two attached hydrogens (primary N) is 1. The normalized spacial score (nSPS) is 14.6. The number of aryl methyl sites for hydroxylation is 2. The molecular weight excluding hydrogens is 504 g/mol. The number of rotatable bonds is 8. The third-order valence-corrected chi connectivity index (χ3v) is 7.15. The molecule has 0 fully saturated rings. The summed E-state index contributed by atoms with van der Waals surface area (Å²) in [7, 11) is 0. The van der Waals surface area contributed by atoms with E-state index in [9.17, 15) is 10.1 Å². The number of nitriles is 1. The number of hydrogen-bond acceptors (Lipinski definition) is 7. The zero-order valence-corrected chi connectivity index (χ0v) is 23.1. The summed E-state index contributed by atoms with van der Waals surface area (Å²) in [6.07, 6.45) is 1.83. The average molecular weight is 537 g/mol. The molecule has 7 heteroatoms. The van der Waals surface area contributed by atoms with Crippen molar-refractivity contribution in [2.24, 2.45) is 11.7 Å². The Bertz CT molecular complexity index is 1660. The van der Waals surface area contributed by atoms with Gasteiger partial charge in [-0.05, 0) is 67.1 Å². The van der Waals surface area contributed by atoms with Crippen LogP contribution in [0.1, 0.15) is 65.9 Å². The molecule has 1 aromatic heterocycles. The van der Waals surface area contributed by atoms with E-state index < -0.39 is 11.9 Å². The molecule has 1 atom stereocenters. The van der Waals surface area contributed by atoms with Gasteiger partial charge in [-0.1, -0.05) is 45.0 Å². The molecular formula is C33H32N2O5. The van der Waals surface area contributed by atoms with E-state index in [1.165, 1.54) is 0 Å². The molecule has 5 rings (SSSR count). The van der Waals surface area contributed by atoms with Crippen molar-refractivity contribution in [2.45, 2.75) is 46.5 Å². The van der Waals surface area contributed by atoms with Crippen molar-refractivity contribution in [1.29, 1.82) is 5.26 Å². The van der Waals surface area contributed by atoms with Gasteiger partial charge in [-0.3, -0.25) is 0 Å². The maximum atomic E-state index is 13.1. The summed E-state index contributed by atoms with van der Waals surface area (Å²) in [5.74, 6) is 1.03. The molecule has 204 valence electrons. The van der Waals surface area contributed by atoms with Gasteiger partial charge in [0.2, 0.25) is 11.6 Å². The van der Waals surface area contributed by atoms with Gasteiger partial charge in [-0.25, -0.2) is 4.79 Å². The van der Waals surface area contributed by atoms with E-state index in [1.54, 1.807) is 18.2 Å². The maximum absolute atomic E-state index is 13.1. The maximum Gasteiger partial charge on any atom is 0.379 e. The second-order valence-electron chi connectivity index (χ2n) is 10.4. The second-order valence-corrected chi connectivity index (χ2v) is 10.4. The van der Waals surface area contributed by atoms with E-state index in [0.717, 1.165) is 46.2 Å². The van der Waals surface area contributed by atoms with Crippen LogP contribution in [0.2, 0.25) is 0 Å². The highest BCUT2D eigenvalue weighted by atomic mass is 16.5. The van der Waals surface area contributed by atoms with Crippen molar-refractivity contribution in [3.8, 4) is 23.3 Å². The molecule has 2 N–H and O–H groups in total.